The Morgan fingerprint density at radius 2 is 1.04 bits per heavy atom. The summed E-state index contributed by atoms with van der Waals surface area (Å²) in [5.41, 5.74) is 22.3. The van der Waals surface area contributed by atoms with Gasteiger partial charge in [-0.25, -0.2) is 4.79 Å². The lowest BCUT2D eigenvalue weighted by molar-refractivity contribution is -0.142. The van der Waals surface area contributed by atoms with Crippen LogP contribution in [0.3, 0.4) is 0 Å². The normalized spacial score (nSPS) is 15.3. The second-order valence-electron chi connectivity index (χ2n) is 15.2. The van der Waals surface area contributed by atoms with Crippen molar-refractivity contribution in [2.45, 2.75) is 149 Å². The first kappa shape index (κ1) is 49.0. The highest BCUT2D eigenvalue weighted by molar-refractivity contribution is 5.96. The number of nitrogens with two attached hydrogens (primary N) is 4. The molecule has 0 aliphatic heterocycles. The minimum absolute atomic E-state index is 0.0338. The first-order chi connectivity index (χ1) is 24.7. The number of aliphatic imine (C=N–C) groups is 1. The van der Waals surface area contributed by atoms with Crippen LogP contribution in [0.25, 0.3) is 0 Å². The number of rotatable bonds is 27. The van der Waals surface area contributed by atoms with Gasteiger partial charge in [0.05, 0.1) is 6.04 Å². The highest BCUT2D eigenvalue weighted by atomic mass is 16.4. The molecule has 0 heterocycles. The van der Waals surface area contributed by atoms with Crippen molar-refractivity contribution < 1.29 is 33.9 Å². The number of nitrogens with one attached hydrogen (secondary N) is 5. The molecule has 0 spiro atoms. The molecule has 0 aromatic rings. The SMILES string of the molecule is CC[C@H](C)[C@H](NC(=O)[C@@H](N)CCCN=C(N)N)C(=O)N[C@@H](CC(C)C)C(=O)N[C@@H](CC(C)C)C(=O)N[C@@H](CC(C)C)C(=O)N[C@@H](CCCCN)C(=O)O. The molecule has 0 bridgehead atoms. The third-order valence-corrected chi connectivity index (χ3v) is 8.68. The van der Waals surface area contributed by atoms with Crippen LogP contribution >= 0.6 is 0 Å². The Kier molecular flexibility index (Phi) is 23.9. The fourth-order valence-electron chi connectivity index (χ4n) is 5.55. The van der Waals surface area contributed by atoms with Gasteiger partial charge in [-0.15, -0.1) is 0 Å². The van der Waals surface area contributed by atoms with Crippen LogP contribution in [0.2, 0.25) is 0 Å². The molecule has 0 saturated carbocycles. The van der Waals surface area contributed by atoms with Gasteiger partial charge >= 0.3 is 5.97 Å². The summed E-state index contributed by atoms with van der Waals surface area (Å²) in [6.45, 7) is 15.6. The standard InChI is InChI=1S/C36H70N10O7/c1-9-23(8)29(46-30(47)24(38)13-12-16-41-36(39)40)34(51)45-28(19-22(6)7)33(50)44-27(18-21(4)5)32(49)43-26(17-20(2)3)31(48)42-25(35(52)53)14-10-11-15-37/h20-29H,9-19,37-38H2,1-8H3,(H,42,48)(H,43,49)(H,44,50)(H,45,51)(H,46,47)(H,52,53)(H4,39,40,41)/t23-,24-,25-,26-,27-,28-,29-/m0/s1. The van der Waals surface area contributed by atoms with Crippen molar-refractivity contribution in [2.75, 3.05) is 13.1 Å². The van der Waals surface area contributed by atoms with Gasteiger partial charge in [-0.3, -0.25) is 29.0 Å². The Morgan fingerprint density at radius 3 is 1.42 bits per heavy atom. The monoisotopic (exact) mass is 755 g/mol. The van der Waals surface area contributed by atoms with E-state index in [0.717, 1.165) is 0 Å². The van der Waals surface area contributed by atoms with Crippen molar-refractivity contribution in [1.29, 1.82) is 0 Å². The van der Waals surface area contributed by atoms with Crippen molar-refractivity contribution in [3.63, 3.8) is 0 Å². The summed E-state index contributed by atoms with van der Waals surface area (Å²) < 4.78 is 0. The van der Waals surface area contributed by atoms with Crippen LogP contribution < -0.4 is 49.5 Å². The summed E-state index contributed by atoms with van der Waals surface area (Å²) in [5, 5.41) is 23.3. The van der Waals surface area contributed by atoms with Gasteiger partial charge in [0.1, 0.15) is 30.2 Å². The third-order valence-electron chi connectivity index (χ3n) is 8.68. The molecule has 0 radical (unpaired) electrons. The molecule has 0 aromatic carbocycles. The molecule has 17 heteroatoms. The molecule has 53 heavy (non-hydrogen) atoms. The second-order valence-corrected chi connectivity index (χ2v) is 15.2. The number of carbonyl (C=O) groups is 6. The third kappa shape index (κ3) is 20.7. The first-order valence-corrected chi connectivity index (χ1v) is 19.0. The molecule has 0 aromatic heterocycles. The molecule has 14 N–H and O–H groups in total. The Balaban J connectivity index is 6.08. The van der Waals surface area contributed by atoms with Crippen LogP contribution in [0.15, 0.2) is 4.99 Å². The molecule has 0 saturated heterocycles. The van der Waals surface area contributed by atoms with E-state index in [-0.39, 0.29) is 61.7 Å². The fourth-order valence-corrected chi connectivity index (χ4v) is 5.55. The van der Waals surface area contributed by atoms with E-state index in [4.69, 9.17) is 22.9 Å². The zero-order chi connectivity index (χ0) is 40.8. The summed E-state index contributed by atoms with van der Waals surface area (Å²) >= 11 is 0. The zero-order valence-electron chi connectivity index (χ0n) is 33.2. The summed E-state index contributed by atoms with van der Waals surface area (Å²) in [6.07, 6.45) is 3.25. The first-order valence-electron chi connectivity index (χ1n) is 19.0. The van der Waals surface area contributed by atoms with E-state index in [2.05, 4.69) is 31.6 Å². The van der Waals surface area contributed by atoms with Crippen molar-refractivity contribution in [1.82, 2.24) is 26.6 Å². The van der Waals surface area contributed by atoms with Crippen molar-refractivity contribution in [3.8, 4) is 0 Å². The van der Waals surface area contributed by atoms with E-state index in [1.807, 2.05) is 48.5 Å². The Bertz CT molecular complexity index is 1190. The van der Waals surface area contributed by atoms with Gasteiger partial charge in [0.15, 0.2) is 5.96 Å². The number of carboxylic acid groups (broad SMARTS) is 1. The molecule has 0 aliphatic carbocycles. The maximum Gasteiger partial charge on any atom is 0.326 e. The fraction of sp³-hybridized carbons (Fsp3) is 0.806. The minimum Gasteiger partial charge on any atom is -0.480 e. The van der Waals surface area contributed by atoms with Gasteiger partial charge in [-0.05, 0) is 81.6 Å². The van der Waals surface area contributed by atoms with E-state index in [1.54, 1.807) is 6.92 Å². The quantitative estimate of drug-likeness (QED) is 0.0307. The van der Waals surface area contributed by atoms with Gasteiger partial charge in [0.2, 0.25) is 29.5 Å². The molecule has 5 amide bonds. The average molecular weight is 755 g/mol. The van der Waals surface area contributed by atoms with Crippen LogP contribution in [0.1, 0.15) is 113 Å². The van der Waals surface area contributed by atoms with Crippen LogP contribution in [-0.4, -0.2) is 95.9 Å². The maximum atomic E-state index is 13.8. The lowest BCUT2D eigenvalue weighted by Gasteiger charge is -2.30. The number of hydrogen-bond donors (Lipinski definition) is 10. The molecule has 7 atom stereocenters. The van der Waals surface area contributed by atoms with Gasteiger partial charge in [-0.1, -0.05) is 61.8 Å². The molecular formula is C36H70N10O7. The molecule has 0 rings (SSSR count). The number of carbonyl (C=O) groups excluding carboxylic acids is 5. The van der Waals surface area contributed by atoms with Crippen LogP contribution in [0, 0.1) is 23.7 Å². The van der Waals surface area contributed by atoms with Crippen LogP contribution in [-0.2, 0) is 28.8 Å². The number of amides is 5. The minimum atomic E-state index is -1.19. The largest absolute Gasteiger partial charge is 0.480 e. The number of unbranched alkanes of at least 4 members (excludes halogenated alkanes) is 1. The van der Waals surface area contributed by atoms with Crippen molar-refractivity contribution >= 4 is 41.5 Å². The molecule has 17 nitrogen and oxygen atoms in total. The number of carboxylic acids is 1. The predicted octanol–water partition coefficient (Wildman–Crippen LogP) is 0.189. The van der Waals surface area contributed by atoms with Gasteiger partial charge in [0.25, 0.3) is 0 Å². The van der Waals surface area contributed by atoms with Gasteiger partial charge in [0, 0.05) is 6.54 Å². The molecular weight excluding hydrogens is 684 g/mol. The topological polar surface area (TPSA) is 299 Å². The van der Waals surface area contributed by atoms with Crippen LogP contribution in [0.5, 0.6) is 0 Å². The zero-order valence-corrected chi connectivity index (χ0v) is 33.2. The van der Waals surface area contributed by atoms with E-state index in [0.29, 0.717) is 38.8 Å². The molecule has 0 aliphatic rings. The Hall–Kier alpha value is -3.99. The average Bonchev–Trinajstić information content (AvgIpc) is 3.06. The predicted molar refractivity (Wildman–Crippen MR) is 206 cm³/mol. The van der Waals surface area contributed by atoms with E-state index in [9.17, 15) is 33.9 Å². The van der Waals surface area contributed by atoms with E-state index in [1.165, 1.54) is 0 Å². The number of aliphatic carboxylic acids is 1. The number of hydrogen-bond acceptors (Lipinski definition) is 9. The molecule has 0 unspecified atom stereocenters. The molecule has 0 fully saturated rings. The highest BCUT2D eigenvalue weighted by Crippen LogP contribution is 2.14. The van der Waals surface area contributed by atoms with E-state index >= 15 is 0 Å². The highest BCUT2D eigenvalue weighted by Gasteiger charge is 2.34. The number of nitrogens with zero attached hydrogens (tertiary/aromatic N) is 1. The summed E-state index contributed by atoms with van der Waals surface area (Å²) in [7, 11) is 0. The summed E-state index contributed by atoms with van der Waals surface area (Å²) in [6, 6.07) is -6.24. The smallest absolute Gasteiger partial charge is 0.326 e. The lowest BCUT2D eigenvalue weighted by atomic mass is 9.95. The van der Waals surface area contributed by atoms with Crippen molar-refractivity contribution in [3.05, 3.63) is 0 Å². The maximum absolute atomic E-state index is 13.8. The van der Waals surface area contributed by atoms with Crippen LogP contribution in [0.4, 0.5) is 0 Å². The lowest BCUT2D eigenvalue weighted by Crippen LogP contribution is -2.60. The Morgan fingerprint density at radius 1 is 0.604 bits per heavy atom. The second kappa shape index (κ2) is 25.9. The Labute approximate surface area is 315 Å². The van der Waals surface area contributed by atoms with Crippen molar-refractivity contribution in [2.24, 2.45) is 51.6 Å². The van der Waals surface area contributed by atoms with E-state index < -0.39 is 71.8 Å². The summed E-state index contributed by atoms with van der Waals surface area (Å²) in [5.74, 6) is -4.63. The summed E-state index contributed by atoms with van der Waals surface area (Å²) in [4.78, 5) is 83.4. The van der Waals surface area contributed by atoms with Gasteiger partial charge in [-0.2, -0.15) is 0 Å². The van der Waals surface area contributed by atoms with Gasteiger partial charge < -0.3 is 54.6 Å². The molecule has 306 valence electrons. The number of guanidine groups is 1.